The Hall–Kier alpha value is -2.83. The molecule has 2 saturated heterocycles. The molecule has 0 bridgehead atoms. The molecule has 12 atom stereocenters. The largest absolute Gasteiger partial charge is 0.394 e. The average Bonchev–Trinajstić information content (AvgIpc) is 3.36. The average molecular weight is 990 g/mol. The number of unbranched alkanes of at least 4 members (excludes halogenated alkanes) is 13. The van der Waals surface area contributed by atoms with Crippen molar-refractivity contribution in [3.05, 3.63) is 85.1 Å². The van der Waals surface area contributed by atoms with E-state index in [4.69, 9.17) is 18.9 Å². The van der Waals surface area contributed by atoms with Gasteiger partial charge in [0.1, 0.15) is 48.8 Å². The Kier molecular flexibility index (Phi) is 37.6. The van der Waals surface area contributed by atoms with Crippen LogP contribution in [0.1, 0.15) is 168 Å². The van der Waals surface area contributed by atoms with Gasteiger partial charge in [-0.1, -0.05) is 176 Å². The third-order valence-corrected chi connectivity index (χ3v) is 12.6. The maximum absolute atomic E-state index is 13.1. The molecule has 0 aromatic carbocycles. The Morgan fingerprint density at radius 3 is 1.51 bits per heavy atom. The molecule has 1 amide bonds. The Bertz CT molecular complexity index is 1500. The summed E-state index contributed by atoms with van der Waals surface area (Å²) in [6.45, 7) is 2.61. The number of carbonyl (C=O) groups is 1. The van der Waals surface area contributed by atoms with E-state index in [0.29, 0.717) is 12.8 Å². The summed E-state index contributed by atoms with van der Waals surface area (Å²) < 4.78 is 22.6. The molecule has 0 aromatic rings. The number of hydrogen-bond donors (Lipinski definition) is 9. The van der Waals surface area contributed by atoms with Gasteiger partial charge in [-0.15, -0.1) is 0 Å². The fourth-order valence-corrected chi connectivity index (χ4v) is 8.27. The normalized spacial score (nSPS) is 26.7. The molecule has 2 rings (SSSR count). The van der Waals surface area contributed by atoms with Crippen LogP contribution in [-0.2, 0) is 23.7 Å². The molecule has 0 saturated carbocycles. The highest BCUT2D eigenvalue weighted by atomic mass is 16.7. The van der Waals surface area contributed by atoms with E-state index >= 15 is 0 Å². The summed E-state index contributed by atoms with van der Waals surface area (Å²) in [6, 6.07) is -0.833. The molecule has 2 fully saturated rings. The number of aliphatic hydroxyl groups is 8. The van der Waals surface area contributed by atoms with Crippen molar-refractivity contribution in [3.63, 3.8) is 0 Å². The first-order valence-electron chi connectivity index (χ1n) is 26.8. The monoisotopic (exact) mass is 990 g/mol. The van der Waals surface area contributed by atoms with Gasteiger partial charge in [-0.05, 0) is 70.6 Å². The van der Waals surface area contributed by atoms with Gasteiger partial charge in [-0.3, -0.25) is 4.79 Å². The molecule has 14 heteroatoms. The van der Waals surface area contributed by atoms with Crippen LogP contribution in [0.15, 0.2) is 85.1 Å². The van der Waals surface area contributed by atoms with Crippen LogP contribution in [0, 0.1) is 0 Å². The van der Waals surface area contributed by atoms with E-state index in [1.165, 1.54) is 32.1 Å². The smallest absolute Gasteiger partial charge is 0.220 e. The minimum Gasteiger partial charge on any atom is -0.394 e. The number of ether oxygens (including phenoxy) is 4. The number of carbonyl (C=O) groups excluding carboxylic acids is 1. The van der Waals surface area contributed by atoms with E-state index in [2.05, 4.69) is 104 Å². The zero-order valence-electron chi connectivity index (χ0n) is 42.7. The minimum atomic E-state index is -1.78. The van der Waals surface area contributed by atoms with Crippen molar-refractivity contribution in [2.45, 2.75) is 242 Å². The summed E-state index contributed by atoms with van der Waals surface area (Å²) >= 11 is 0. The lowest BCUT2D eigenvalue weighted by molar-refractivity contribution is -0.359. The Balaban J connectivity index is 1.61. The molecular weight excluding hydrogens is 895 g/mol. The van der Waals surface area contributed by atoms with Gasteiger partial charge in [-0.2, -0.15) is 0 Å². The van der Waals surface area contributed by atoms with Crippen LogP contribution in [0.2, 0.25) is 0 Å². The van der Waals surface area contributed by atoms with Gasteiger partial charge in [-0.25, -0.2) is 0 Å². The third kappa shape index (κ3) is 27.8. The highest BCUT2D eigenvalue weighted by Crippen LogP contribution is 2.30. The van der Waals surface area contributed by atoms with Gasteiger partial charge < -0.3 is 65.1 Å². The van der Waals surface area contributed by atoms with Crippen molar-refractivity contribution in [3.8, 4) is 0 Å². The second-order valence-electron chi connectivity index (χ2n) is 18.6. The Morgan fingerprint density at radius 2 is 0.986 bits per heavy atom. The first kappa shape index (κ1) is 63.3. The van der Waals surface area contributed by atoms with Crippen molar-refractivity contribution >= 4 is 5.91 Å². The van der Waals surface area contributed by atoms with Crippen LogP contribution in [-0.4, -0.2) is 140 Å². The van der Waals surface area contributed by atoms with Crippen LogP contribution >= 0.6 is 0 Å². The number of nitrogens with one attached hydrogen (secondary N) is 1. The molecule has 9 N–H and O–H groups in total. The molecule has 70 heavy (non-hydrogen) atoms. The van der Waals surface area contributed by atoms with E-state index < -0.39 is 86.8 Å². The molecule has 0 radical (unpaired) electrons. The van der Waals surface area contributed by atoms with Crippen molar-refractivity contribution in [1.29, 1.82) is 0 Å². The van der Waals surface area contributed by atoms with Gasteiger partial charge in [0.15, 0.2) is 12.6 Å². The predicted octanol–water partition coefficient (Wildman–Crippen LogP) is 7.77. The van der Waals surface area contributed by atoms with Crippen molar-refractivity contribution in [2.24, 2.45) is 0 Å². The van der Waals surface area contributed by atoms with Crippen molar-refractivity contribution in [2.75, 3.05) is 19.8 Å². The predicted molar refractivity (Wildman–Crippen MR) is 276 cm³/mol. The van der Waals surface area contributed by atoms with E-state index in [0.717, 1.165) is 103 Å². The molecule has 12 unspecified atom stereocenters. The van der Waals surface area contributed by atoms with Crippen LogP contribution in [0.4, 0.5) is 0 Å². The van der Waals surface area contributed by atoms with E-state index in [9.17, 15) is 45.6 Å². The lowest BCUT2D eigenvalue weighted by Crippen LogP contribution is -2.65. The van der Waals surface area contributed by atoms with Gasteiger partial charge >= 0.3 is 0 Å². The fraction of sp³-hybridized carbons (Fsp3) is 0.732. The van der Waals surface area contributed by atoms with Crippen LogP contribution in [0.25, 0.3) is 0 Å². The molecule has 2 heterocycles. The summed E-state index contributed by atoms with van der Waals surface area (Å²) in [5.41, 5.74) is 0. The Morgan fingerprint density at radius 1 is 0.529 bits per heavy atom. The van der Waals surface area contributed by atoms with Gasteiger partial charge in [0.25, 0.3) is 0 Å². The molecule has 0 aliphatic carbocycles. The number of hydrogen-bond acceptors (Lipinski definition) is 13. The lowest BCUT2D eigenvalue weighted by atomic mass is 9.97. The quantitative estimate of drug-likeness (QED) is 0.0212. The topological polar surface area (TPSA) is 228 Å². The van der Waals surface area contributed by atoms with E-state index in [1.54, 1.807) is 0 Å². The van der Waals surface area contributed by atoms with Crippen molar-refractivity contribution < 1.29 is 64.6 Å². The first-order valence-corrected chi connectivity index (χ1v) is 26.8. The molecular formula is C56H95NO13. The summed E-state index contributed by atoms with van der Waals surface area (Å²) in [5, 5.41) is 86.4. The third-order valence-electron chi connectivity index (χ3n) is 12.6. The maximum Gasteiger partial charge on any atom is 0.220 e. The van der Waals surface area contributed by atoms with Gasteiger partial charge in [0.05, 0.1) is 32.0 Å². The number of rotatable bonds is 40. The van der Waals surface area contributed by atoms with Crippen LogP contribution in [0.3, 0.4) is 0 Å². The molecule has 0 aromatic heterocycles. The summed E-state index contributed by atoms with van der Waals surface area (Å²) in [7, 11) is 0. The van der Waals surface area contributed by atoms with E-state index in [-0.39, 0.29) is 18.9 Å². The Labute approximate surface area is 420 Å². The second-order valence-corrected chi connectivity index (χ2v) is 18.6. The zero-order valence-corrected chi connectivity index (χ0v) is 42.7. The molecule has 402 valence electrons. The van der Waals surface area contributed by atoms with Gasteiger partial charge in [0, 0.05) is 6.42 Å². The van der Waals surface area contributed by atoms with Crippen LogP contribution in [0.5, 0.6) is 0 Å². The first-order chi connectivity index (χ1) is 34.1. The molecule has 14 nitrogen and oxygen atoms in total. The standard InChI is InChI=1S/C56H95NO13/c1-3-5-7-9-10-11-12-13-14-15-16-17-18-19-20-21-22-23-24-25-26-27-28-29-30-31-32-33-34-36-38-40-48(61)57-44(45(60)39-37-35-8-6-4-2)43-67-55-53(66)51(64)54(47(42-59)69-55)70-56-52(65)50(63)49(62)46(41-58)68-56/h5,7,10-11,13-14,16-17,19-20,22-23,25-26,44-47,49-56,58-60,62-66H,3-4,6,8-9,12,15,18,21,24,27-43H2,1-2H3,(H,57,61)/b7-5-,11-10-,14-13-,17-16-,20-19-,23-22-,26-25-. The lowest BCUT2D eigenvalue weighted by Gasteiger charge is -2.46. The fourth-order valence-electron chi connectivity index (χ4n) is 8.27. The second kappa shape index (κ2) is 41.6. The minimum absolute atomic E-state index is 0.226. The maximum atomic E-state index is 13.1. The molecule has 2 aliphatic rings. The van der Waals surface area contributed by atoms with Crippen LogP contribution < -0.4 is 5.32 Å². The summed E-state index contributed by atoms with van der Waals surface area (Å²) in [6.07, 6.45) is 38.0. The molecule has 2 aliphatic heterocycles. The number of aliphatic hydroxyl groups excluding tert-OH is 8. The van der Waals surface area contributed by atoms with Gasteiger partial charge in [0.2, 0.25) is 5.91 Å². The molecule has 0 spiro atoms. The highest BCUT2D eigenvalue weighted by molar-refractivity contribution is 5.76. The van der Waals surface area contributed by atoms with E-state index in [1.807, 2.05) is 0 Å². The SMILES string of the molecule is CC/C=C\C/C=C\C/C=C\C/C=C\C/C=C\C/C=C\C/C=C\CCCCCCCCCCCC(=O)NC(COC1OC(CO)C(OC2OC(CO)C(O)C(O)C2O)C(O)C1O)C(O)CCCCCCC. The summed E-state index contributed by atoms with van der Waals surface area (Å²) in [5.74, 6) is -0.226. The zero-order chi connectivity index (χ0) is 51.0. The summed E-state index contributed by atoms with van der Waals surface area (Å²) in [4.78, 5) is 13.1. The number of amides is 1. The number of allylic oxidation sites excluding steroid dienone is 14. The van der Waals surface area contributed by atoms with Crippen molar-refractivity contribution in [1.82, 2.24) is 5.32 Å². The highest BCUT2D eigenvalue weighted by Gasteiger charge is 2.51.